The van der Waals surface area contributed by atoms with E-state index in [0.29, 0.717) is 16.5 Å². The van der Waals surface area contributed by atoms with Crippen LogP contribution >= 0.6 is 0 Å². The van der Waals surface area contributed by atoms with Crippen molar-refractivity contribution in [2.45, 2.75) is 6.92 Å². The Balaban J connectivity index is 1.84. The van der Waals surface area contributed by atoms with Crippen LogP contribution in [0.15, 0.2) is 34.7 Å². The minimum atomic E-state index is -0.426. The number of fused-ring (bicyclic) bond motifs is 1. The Kier molecular flexibility index (Phi) is 4.57. The minimum Gasteiger partial charge on any atom is -0.483 e. The number of nitrogens with two attached hydrogens (primary N) is 1. The van der Waals surface area contributed by atoms with Crippen molar-refractivity contribution < 1.29 is 23.1 Å². The molecule has 0 amide bonds. The number of aryl methyl sites for hydroxylation is 1. The quantitative estimate of drug-likeness (QED) is 0.399. The van der Waals surface area contributed by atoms with E-state index in [1.165, 1.54) is 37.4 Å². The molecule has 0 aliphatic heterocycles. The number of ketones is 1. The van der Waals surface area contributed by atoms with Crippen molar-refractivity contribution in [2.24, 2.45) is 5.73 Å². The molecule has 7 nitrogen and oxygen atoms in total. The summed E-state index contributed by atoms with van der Waals surface area (Å²) in [5.41, 5.74) is 6.52. The lowest BCUT2D eigenvalue weighted by molar-refractivity contribution is 0.0894. The van der Waals surface area contributed by atoms with Gasteiger partial charge in [0.2, 0.25) is 11.7 Å². The maximum atomic E-state index is 13.4. The molecule has 134 valence electrons. The van der Waals surface area contributed by atoms with Crippen LogP contribution in [-0.4, -0.2) is 30.3 Å². The highest BCUT2D eigenvalue weighted by Crippen LogP contribution is 2.27. The number of furan rings is 1. The van der Waals surface area contributed by atoms with Crippen LogP contribution in [0.25, 0.3) is 11.0 Å². The maximum absolute atomic E-state index is 13.4. The number of halogens is 1. The predicted molar refractivity (Wildman–Crippen MR) is 92.5 cm³/mol. The summed E-state index contributed by atoms with van der Waals surface area (Å²) in [6.45, 7) is 1.33. The monoisotopic (exact) mass is 357 g/mol. The van der Waals surface area contributed by atoms with Crippen molar-refractivity contribution in [1.29, 1.82) is 5.41 Å². The predicted octanol–water partition coefficient (Wildman–Crippen LogP) is 2.83. The molecule has 2 aromatic heterocycles. The normalized spacial score (nSPS) is 10.7. The van der Waals surface area contributed by atoms with Crippen LogP contribution in [0.1, 0.15) is 21.8 Å². The number of pyridine rings is 1. The van der Waals surface area contributed by atoms with Crippen LogP contribution in [0.5, 0.6) is 11.6 Å². The standard InChI is InChI=1S/C18H16FN3O4/c1-9-11-7-10(19)3-4-13(11)26-17(9)12(23)8-25-14-5-6-15(24-2)22-16(14)18(20)21/h3-7H,8H2,1-2H3,(H3,20,21). The van der Waals surface area contributed by atoms with E-state index in [0.717, 1.165) is 0 Å². The number of methoxy groups -OCH3 is 1. The first kappa shape index (κ1) is 17.4. The Bertz CT molecular complexity index is 1010. The number of nitrogen functional groups attached to an aromatic ring is 1. The zero-order chi connectivity index (χ0) is 18.8. The maximum Gasteiger partial charge on any atom is 0.235 e. The van der Waals surface area contributed by atoms with E-state index in [1.807, 2.05) is 0 Å². The van der Waals surface area contributed by atoms with Gasteiger partial charge in [-0.3, -0.25) is 10.2 Å². The number of hydrogen-bond donors (Lipinski definition) is 2. The number of nitrogens with zero attached hydrogens (tertiary/aromatic N) is 1. The number of rotatable bonds is 6. The summed E-state index contributed by atoms with van der Waals surface area (Å²) in [6, 6.07) is 7.08. The summed E-state index contributed by atoms with van der Waals surface area (Å²) in [4.78, 5) is 16.5. The zero-order valence-electron chi connectivity index (χ0n) is 14.1. The molecule has 0 aliphatic rings. The van der Waals surface area contributed by atoms with Gasteiger partial charge in [-0.25, -0.2) is 9.37 Å². The van der Waals surface area contributed by atoms with Gasteiger partial charge < -0.3 is 19.6 Å². The van der Waals surface area contributed by atoms with Gasteiger partial charge >= 0.3 is 0 Å². The van der Waals surface area contributed by atoms with Crippen molar-refractivity contribution >= 4 is 22.6 Å². The van der Waals surface area contributed by atoms with E-state index < -0.39 is 11.6 Å². The molecule has 0 aliphatic carbocycles. The van der Waals surface area contributed by atoms with Crippen molar-refractivity contribution in [3.63, 3.8) is 0 Å². The lowest BCUT2D eigenvalue weighted by Gasteiger charge is -2.10. The molecule has 0 radical (unpaired) electrons. The summed E-state index contributed by atoms with van der Waals surface area (Å²) in [5, 5.41) is 8.10. The number of carbonyl (C=O) groups excluding carboxylic acids is 1. The highest BCUT2D eigenvalue weighted by molar-refractivity contribution is 6.01. The third kappa shape index (κ3) is 3.21. The number of amidine groups is 1. The molecule has 0 spiro atoms. The number of hydrogen-bond acceptors (Lipinski definition) is 6. The average Bonchev–Trinajstić information content (AvgIpc) is 2.95. The second-order valence-corrected chi connectivity index (χ2v) is 5.52. The molecule has 2 heterocycles. The fourth-order valence-corrected chi connectivity index (χ4v) is 2.52. The van der Waals surface area contributed by atoms with Crippen molar-refractivity contribution in [3.05, 3.63) is 53.2 Å². The molecular formula is C18H16FN3O4. The first-order chi connectivity index (χ1) is 12.4. The highest BCUT2D eigenvalue weighted by Gasteiger charge is 2.20. The number of benzene rings is 1. The topological polar surface area (TPSA) is 111 Å². The molecule has 1 aromatic carbocycles. The number of Topliss-reactive ketones (excluding diaryl/α,β-unsaturated/α-hetero) is 1. The van der Waals surface area contributed by atoms with Gasteiger partial charge in [0.05, 0.1) is 7.11 Å². The Morgan fingerprint density at radius 3 is 2.81 bits per heavy atom. The first-order valence-corrected chi connectivity index (χ1v) is 7.64. The Labute approximate surface area is 148 Å². The molecule has 0 fully saturated rings. The summed E-state index contributed by atoms with van der Waals surface area (Å²) in [7, 11) is 1.43. The van der Waals surface area contributed by atoms with E-state index in [9.17, 15) is 9.18 Å². The van der Waals surface area contributed by atoms with E-state index in [4.69, 9.17) is 25.0 Å². The van der Waals surface area contributed by atoms with Gasteiger partial charge in [-0.1, -0.05) is 0 Å². The molecule has 0 saturated heterocycles. The minimum absolute atomic E-state index is 0.0700. The highest BCUT2D eigenvalue weighted by atomic mass is 19.1. The van der Waals surface area contributed by atoms with Crippen LogP contribution in [0, 0.1) is 18.2 Å². The number of ether oxygens (including phenoxy) is 2. The lowest BCUT2D eigenvalue weighted by Crippen LogP contribution is -2.18. The first-order valence-electron chi connectivity index (χ1n) is 7.64. The fraction of sp³-hybridized carbons (Fsp3) is 0.167. The van der Waals surface area contributed by atoms with E-state index in [-0.39, 0.29) is 35.5 Å². The zero-order valence-corrected chi connectivity index (χ0v) is 14.1. The van der Waals surface area contributed by atoms with Crippen molar-refractivity contribution in [1.82, 2.24) is 4.98 Å². The summed E-state index contributed by atoms with van der Waals surface area (Å²) >= 11 is 0. The van der Waals surface area contributed by atoms with Gasteiger partial charge in [-0.15, -0.1) is 0 Å². The molecule has 3 rings (SSSR count). The van der Waals surface area contributed by atoms with Gasteiger partial charge in [0, 0.05) is 17.0 Å². The van der Waals surface area contributed by atoms with Gasteiger partial charge in [0.25, 0.3) is 0 Å². The Morgan fingerprint density at radius 2 is 2.12 bits per heavy atom. The SMILES string of the molecule is COc1ccc(OCC(=O)c2oc3ccc(F)cc3c2C)c(C(=N)N)n1. The van der Waals surface area contributed by atoms with E-state index >= 15 is 0 Å². The lowest BCUT2D eigenvalue weighted by atomic mass is 10.1. The molecule has 3 aromatic rings. The largest absolute Gasteiger partial charge is 0.483 e. The van der Waals surface area contributed by atoms with Crippen molar-refractivity contribution in [3.8, 4) is 11.6 Å². The van der Waals surface area contributed by atoms with E-state index in [2.05, 4.69) is 4.98 Å². The molecule has 0 bridgehead atoms. The number of carbonyl (C=O) groups is 1. The van der Waals surface area contributed by atoms with Gasteiger partial charge in [0.15, 0.2) is 18.1 Å². The van der Waals surface area contributed by atoms with Crippen molar-refractivity contribution in [2.75, 3.05) is 13.7 Å². The van der Waals surface area contributed by atoms with Crippen LogP contribution in [0.4, 0.5) is 4.39 Å². The second kappa shape index (κ2) is 6.83. The summed E-state index contributed by atoms with van der Waals surface area (Å²) in [6.07, 6.45) is 0. The van der Waals surface area contributed by atoms with Crippen LogP contribution in [0.2, 0.25) is 0 Å². The van der Waals surface area contributed by atoms with E-state index in [1.54, 1.807) is 6.92 Å². The van der Waals surface area contributed by atoms with Crippen LogP contribution in [-0.2, 0) is 0 Å². The molecule has 0 unspecified atom stereocenters. The van der Waals surface area contributed by atoms with Gasteiger partial charge in [-0.2, -0.15) is 0 Å². The average molecular weight is 357 g/mol. The van der Waals surface area contributed by atoms with Crippen LogP contribution < -0.4 is 15.2 Å². The fourth-order valence-electron chi connectivity index (χ4n) is 2.52. The molecule has 0 saturated carbocycles. The van der Waals surface area contributed by atoms with Crippen LogP contribution in [0.3, 0.4) is 0 Å². The third-order valence-electron chi connectivity index (χ3n) is 3.81. The van der Waals surface area contributed by atoms with Gasteiger partial charge in [0.1, 0.15) is 23.0 Å². The molecular weight excluding hydrogens is 341 g/mol. The van der Waals surface area contributed by atoms with Gasteiger partial charge in [-0.05, 0) is 31.2 Å². The molecule has 26 heavy (non-hydrogen) atoms. The second-order valence-electron chi connectivity index (χ2n) is 5.52. The third-order valence-corrected chi connectivity index (χ3v) is 3.81. The summed E-state index contributed by atoms with van der Waals surface area (Å²) < 4.78 is 29.3. The molecule has 8 heteroatoms. The molecule has 0 atom stereocenters. The summed E-state index contributed by atoms with van der Waals surface area (Å²) in [5.74, 6) is -0.620. The smallest absolute Gasteiger partial charge is 0.235 e. The Morgan fingerprint density at radius 1 is 1.35 bits per heavy atom. The Hall–Kier alpha value is -3.42. The number of nitrogens with one attached hydrogen (secondary N) is 1. The number of aromatic nitrogens is 1. The molecule has 3 N–H and O–H groups in total.